The second kappa shape index (κ2) is 7.78. The Hall–Kier alpha value is -1.54. The topological polar surface area (TPSA) is 114 Å². The van der Waals surface area contributed by atoms with Crippen LogP contribution in [0.2, 0.25) is 0 Å². The van der Waals surface area contributed by atoms with Crippen molar-refractivity contribution in [1.29, 1.82) is 0 Å². The molecule has 0 aliphatic heterocycles. The van der Waals surface area contributed by atoms with Crippen molar-refractivity contribution < 1.29 is 18.3 Å². The van der Waals surface area contributed by atoms with E-state index in [9.17, 15) is 4.57 Å². The highest BCUT2D eigenvalue weighted by molar-refractivity contribution is 7.53. The highest BCUT2D eigenvalue weighted by atomic mass is 31.2. The molecule has 2 aromatic rings. The zero-order chi connectivity index (χ0) is 17.9. The van der Waals surface area contributed by atoms with Crippen LogP contribution in [0.5, 0.6) is 0 Å². The molecule has 0 bridgehead atoms. The molecule has 2 unspecified atom stereocenters. The molecule has 25 heavy (non-hydrogen) atoms. The molecule has 0 saturated heterocycles. The Kier molecular flexibility index (Phi) is 5.68. The van der Waals surface area contributed by atoms with E-state index in [1.54, 1.807) is 20.2 Å². The molecule has 9 nitrogen and oxygen atoms in total. The van der Waals surface area contributed by atoms with Crippen LogP contribution in [0, 0.1) is 0 Å². The zero-order valence-corrected chi connectivity index (χ0v) is 15.4. The van der Waals surface area contributed by atoms with E-state index in [0.29, 0.717) is 24.5 Å². The monoisotopic (exact) mass is 369 g/mol. The van der Waals surface area contributed by atoms with Gasteiger partial charge >= 0.3 is 7.60 Å². The lowest BCUT2D eigenvalue weighted by molar-refractivity contribution is 0.0683. The van der Waals surface area contributed by atoms with Gasteiger partial charge in [0.15, 0.2) is 11.5 Å². The number of nitrogens with two attached hydrogens (primary N) is 1. The summed E-state index contributed by atoms with van der Waals surface area (Å²) in [5.41, 5.74) is 7.18. The summed E-state index contributed by atoms with van der Waals surface area (Å²) in [7, 11) is -3.18. The van der Waals surface area contributed by atoms with Gasteiger partial charge in [0.05, 0.1) is 25.6 Å². The second-order valence-electron chi connectivity index (χ2n) is 5.91. The molecule has 0 amide bonds. The van der Waals surface area contributed by atoms with Crippen LogP contribution in [0.15, 0.2) is 12.7 Å². The molecule has 1 aliphatic carbocycles. The number of ether oxygens (including phenoxy) is 1. The Labute approximate surface area is 146 Å². The molecular weight excluding hydrogens is 345 g/mol. The third kappa shape index (κ3) is 4.00. The normalized spacial score (nSPS) is 21.2. The summed E-state index contributed by atoms with van der Waals surface area (Å²) >= 11 is 0. The highest BCUT2D eigenvalue weighted by Crippen LogP contribution is 2.49. The van der Waals surface area contributed by atoms with E-state index in [1.165, 1.54) is 6.33 Å². The predicted octanol–water partition coefficient (Wildman–Crippen LogP) is 2.74. The lowest BCUT2D eigenvalue weighted by Gasteiger charge is -2.19. The summed E-state index contributed by atoms with van der Waals surface area (Å²) in [5, 5.41) is 0. The van der Waals surface area contributed by atoms with E-state index in [2.05, 4.69) is 15.0 Å². The van der Waals surface area contributed by atoms with Gasteiger partial charge in [-0.25, -0.2) is 15.0 Å². The van der Waals surface area contributed by atoms with Gasteiger partial charge in [-0.2, -0.15) is 0 Å². The maximum Gasteiger partial charge on any atom is 0.356 e. The van der Waals surface area contributed by atoms with Gasteiger partial charge < -0.3 is 24.1 Å². The molecule has 10 heteroatoms. The van der Waals surface area contributed by atoms with Crippen molar-refractivity contribution >= 4 is 24.6 Å². The number of aromatic nitrogens is 4. The first-order valence-corrected chi connectivity index (χ1v) is 10.2. The molecule has 2 N–H and O–H groups in total. The zero-order valence-electron chi connectivity index (χ0n) is 14.5. The molecule has 2 atom stereocenters. The Morgan fingerprint density at radius 1 is 1.24 bits per heavy atom. The first kappa shape index (κ1) is 18.3. The Morgan fingerprint density at radius 2 is 2.00 bits per heavy atom. The van der Waals surface area contributed by atoms with Gasteiger partial charge in [0.1, 0.15) is 18.2 Å². The smallest absolute Gasteiger partial charge is 0.356 e. The number of imidazole rings is 1. The average Bonchev–Trinajstić information content (AvgIpc) is 3.20. The molecule has 2 aromatic heterocycles. The van der Waals surface area contributed by atoms with Crippen LogP contribution >= 0.6 is 7.60 Å². The van der Waals surface area contributed by atoms with Crippen LogP contribution in [-0.4, -0.2) is 45.2 Å². The maximum absolute atomic E-state index is 12.5. The van der Waals surface area contributed by atoms with Crippen molar-refractivity contribution in [1.82, 2.24) is 19.5 Å². The number of fused-ring (bicyclic) bond motifs is 1. The summed E-state index contributed by atoms with van der Waals surface area (Å²) < 4.78 is 30.8. The number of nitrogen functional groups attached to an aromatic ring is 1. The molecule has 0 aromatic carbocycles. The van der Waals surface area contributed by atoms with E-state index in [4.69, 9.17) is 19.5 Å². The lowest BCUT2D eigenvalue weighted by atomic mass is 10.2. The van der Waals surface area contributed by atoms with Gasteiger partial charge in [0.2, 0.25) is 0 Å². The van der Waals surface area contributed by atoms with Crippen molar-refractivity contribution in [2.45, 2.75) is 45.3 Å². The molecule has 3 rings (SSSR count). The minimum absolute atomic E-state index is 0.00382. The number of nitrogens with zero attached hydrogens (tertiary/aromatic N) is 4. The lowest BCUT2D eigenvalue weighted by Crippen LogP contribution is -2.13. The third-order valence-corrected chi connectivity index (χ3v) is 6.03. The van der Waals surface area contributed by atoms with E-state index in [-0.39, 0.29) is 18.5 Å². The summed E-state index contributed by atoms with van der Waals surface area (Å²) in [6.07, 6.45) is 5.74. The van der Waals surface area contributed by atoms with E-state index < -0.39 is 7.60 Å². The van der Waals surface area contributed by atoms with Gasteiger partial charge in [-0.3, -0.25) is 4.57 Å². The Balaban J connectivity index is 1.63. The first-order chi connectivity index (χ1) is 12.1. The van der Waals surface area contributed by atoms with E-state index in [1.807, 2.05) is 4.57 Å². The fourth-order valence-corrected chi connectivity index (χ4v) is 4.56. The van der Waals surface area contributed by atoms with Gasteiger partial charge in [-0.05, 0) is 33.1 Å². The molecule has 1 aliphatic rings. The molecule has 2 heterocycles. The van der Waals surface area contributed by atoms with Crippen LogP contribution in [0.4, 0.5) is 5.82 Å². The SMILES string of the molecule is CCOP(=O)(COC1CCC(n2cnc3c(N)ncnc32)C1)OCC. The minimum atomic E-state index is -3.18. The number of rotatable bonds is 8. The predicted molar refractivity (Wildman–Crippen MR) is 93.2 cm³/mol. The third-order valence-electron chi connectivity index (χ3n) is 4.26. The van der Waals surface area contributed by atoms with E-state index >= 15 is 0 Å². The maximum atomic E-state index is 12.5. The van der Waals surface area contributed by atoms with Crippen molar-refractivity contribution in [2.24, 2.45) is 0 Å². The van der Waals surface area contributed by atoms with Gasteiger partial charge in [-0.1, -0.05) is 0 Å². The molecular formula is C15H24N5O4P. The van der Waals surface area contributed by atoms with Gasteiger partial charge in [0, 0.05) is 6.04 Å². The summed E-state index contributed by atoms with van der Waals surface area (Å²) in [6.45, 7) is 4.23. The fraction of sp³-hybridized carbons (Fsp3) is 0.667. The molecule has 0 spiro atoms. The van der Waals surface area contributed by atoms with Crippen LogP contribution in [0.25, 0.3) is 11.2 Å². The Morgan fingerprint density at radius 3 is 2.72 bits per heavy atom. The number of hydrogen-bond acceptors (Lipinski definition) is 8. The standard InChI is InChI=1S/C15H24N5O4P/c1-3-23-25(21,24-4-2)10-22-12-6-5-11(7-12)20-9-19-13-14(16)17-8-18-15(13)20/h8-9,11-12H,3-7,10H2,1-2H3,(H2,16,17,18). The van der Waals surface area contributed by atoms with Gasteiger partial charge in [-0.15, -0.1) is 0 Å². The number of anilines is 1. The molecule has 0 radical (unpaired) electrons. The molecule has 138 valence electrons. The van der Waals surface area contributed by atoms with Crippen molar-refractivity contribution in [3.05, 3.63) is 12.7 Å². The Bertz CT molecular complexity index is 757. The van der Waals surface area contributed by atoms with Crippen molar-refractivity contribution in [2.75, 3.05) is 25.3 Å². The average molecular weight is 369 g/mol. The van der Waals surface area contributed by atoms with Crippen LogP contribution in [0.3, 0.4) is 0 Å². The summed E-state index contributed by atoms with van der Waals surface area (Å²) in [5.74, 6) is 0.379. The van der Waals surface area contributed by atoms with Crippen molar-refractivity contribution in [3.8, 4) is 0 Å². The molecule has 1 fully saturated rings. The van der Waals surface area contributed by atoms with Gasteiger partial charge in [0.25, 0.3) is 0 Å². The summed E-state index contributed by atoms with van der Waals surface area (Å²) in [6, 6.07) is 0.211. The van der Waals surface area contributed by atoms with E-state index in [0.717, 1.165) is 24.9 Å². The number of hydrogen-bond donors (Lipinski definition) is 1. The highest BCUT2D eigenvalue weighted by Gasteiger charge is 2.31. The fourth-order valence-electron chi connectivity index (χ4n) is 3.16. The minimum Gasteiger partial charge on any atom is -0.382 e. The van der Waals surface area contributed by atoms with Crippen LogP contribution in [0.1, 0.15) is 39.2 Å². The summed E-state index contributed by atoms with van der Waals surface area (Å²) in [4.78, 5) is 12.6. The largest absolute Gasteiger partial charge is 0.382 e. The first-order valence-electron chi connectivity index (χ1n) is 8.49. The van der Waals surface area contributed by atoms with Crippen LogP contribution < -0.4 is 5.73 Å². The van der Waals surface area contributed by atoms with Crippen molar-refractivity contribution in [3.63, 3.8) is 0 Å². The van der Waals surface area contributed by atoms with Crippen LogP contribution in [-0.2, 0) is 18.3 Å². The molecule has 1 saturated carbocycles. The quantitative estimate of drug-likeness (QED) is 0.707. The second-order valence-corrected chi connectivity index (χ2v) is 7.91.